The van der Waals surface area contributed by atoms with Crippen LogP contribution in [-0.2, 0) is 11.3 Å². The molecule has 3 aromatic rings. The van der Waals surface area contributed by atoms with E-state index in [0.29, 0.717) is 49.1 Å². The minimum atomic E-state index is -0.511. The van der Waals surface area contributed by atoms with Crippen LogP contribution in [0.15, 0.2) is 48.1 Å². The van der Waals surface area contributed by atoms with E-state index in [9.17, 15) is 9.59 Å². The third-order valence-electron chi connectivity index (χ3n) is 6.75. The van der Waals surface area contributed by atoms with Gasteiger partial charge in [-0.15, -0.1) is 6.58 Å². The highest BCUT2D eigenvalue weighted by Gasteiger charge is 2.21. The van der Waals surface area contributed by atoms with Gasteiger partial charge in [0, 0.05) is 50.9 Å². The fraction of sp³-hybridized carbons (Fsp3) is 0.393. The number of hydrogen-bond donors (Lipinski definition) is 3. The molecular weight excluding hydrogens is 528 g/mol. The lowest BCUT2D eigenvalue weighted by molar-refractivity contribution is 0.0357. The van der Waals surface area contributed by atoms with Gasteiger partial charge in [-0.1, -0.05) is 6.08 Å². The average Bonchev–Trinajstić information content (AvgIpc) is 3.50. The van der Waals surface area contributed by atoms with Crippen LogP contribution in [0.1, 0.15) is 16.8 Å². The molecule has 13 heteroatoms. The number of aromatic nitrogens is 3. The average molecular weight is 563 g/mol. The van der Waals surface area contributed by atoms with Gasteiger partial charge in [0.25, 0.3) is 5.91 Å². The van der Waals surface area contributed by atoms with E-state index in [2.05, 4.69) is 37.4 Å². The summed E-state index contributed by atoms with van der Waals surface area (Å²) < 4.78 is 19.1. The minimum absolute atomic E-state index is 0.247. The Kier molecular flexibility index (Phi) is 9.06. The number of carbonyl (C=O) groups is 2. The number of pyridine rings is 1. The summed E-state index contributed by atoms with van der Waals surface area (Å²) in [5.41, 5.74) is 1.05. The molecule has 41 heavy (non-hydrogen) atoms. The summed E-state index contributed by atoms with van der Waals surface area (Å²) >= 11 is 0. The second kappa shape index (κ2) is 13.2. The van der Waals surface area contributed by atoms with Crippen molar-refractivity contribution in [3.63, 3.8) is 0 Å². The molecule has 1 saturated heterocycles. The van der Waals surface area contributed by atoms with Crippen LogP contribution in [0.5, 0.6) is 11.5 Å². The molecule has 1 aromatic carbocycles. The van der Waals surface area contributed by atoms with Crippen molar-refractivity contribution < 1.29 is 23.8 Å². The molecule has 216 valence electrons. The fourth-order valence-electron chi connectivity index (χ4n) is 4.72. The largest absolute Gasteiger partial charge is 0.491 e. The van der Waals surface area contributed by atoms with Gasteiger partial charge in [-0.2, -0.15) is 4.99 Å². The second-order valence-corrected chi connectivity index (χ2v) is 9.46. The van der Waals surface area contributed by atoms with Crippen LogP contribution in [0.3, 0.4) is 0 Å². The van der Waals surface area contributed by atoms with E-state index in [0.717, 1.165) is 50.5 Å². The van der Waals surface area contributed by atoms with Crippen LogP contribution in [0.2, 0.25) is 0 Å². The molecule has 13 nitrogen and oxygen atoms in total. The number of carbonyl (C=O) groups excluding carboxylic acids is 2. The SMILES string of the molecule is C=CCNC(=O)Nc1ccc(C(=O)N=c2nc3c(OC)c(OCCCN4CCOCC4)ccc3c3n2CCN3)cn1. The number of anilines is 2. The van der Waals surface area contributed by atoms with E-state index < -0.39 is 11.9 Å². The first-order chi connectivity index (χ1) is 20.1. The molecule has 3 N–H and O–H groups in total. The van der Waals surface area contributed by atoms with E-state index in [4.69, 9.17) is 19.2 Å². The summed E-state index contributed by atoms with van der Waals surface area (Å²) in [6.45, 7) is 10.0. The first-order valence-corrected chi connectivity index (χ1v) is 13.6. The Bertz CT molecular complexity index is 1480. The maximum absolute atomic E-state index is 13.1. The number of urea groups is 1. The zero-order chi connectivity index (χ0) is 28.6. The molecule has 0 bridgehead atoms. The fourth-order valence-corrected chi connectivity index (χ4v) is 4.72. The van der Waals surface area contributed by atoms with E-state index >= 15 is 0 Å². The Morgan fingerprint density at radius 2 is 2.07 bits per heavy atom. The topological polar surface area (TPSA) is 144 Å². The molecule has 2 aliphatic rings. The second-order valence-electron chi connectivity index (χ2n) is 9.46. The van der Waals surface area contributed by atoms with Gasteiger partial charge in [0.15, 0.2) is 11.5 Å². The zero-order valence-electron chi connectivity index (χ0n) is 23.0. The third kappa shape index (κ3) is 6.64. The lowest BCUT2D eigenvalue weighted by atomic mass is 10.2. The van der Waals surface area contributed by atoms with E-state index in [1.165, 1.54) is 12.3 Å². The maximum Gasteiger partial charge on any atom is 0.320 e. The van der Waals surface area contributed by atoms with Crippen LogP contribution < -0.4 is 31.0 Å². The van der Waals surface area contributed by atoms with Crippen molar-refractivity contribution in [2.24, 2.45) is 4.99 Å². The Morgan fingerprint density at radius 1 is 1.22 bits per heavy atom. The predicted octanol–water partition coefficient (Wildman–Crippen LogP) is 2.02. The molecule has 0 saturated carbocycles. The Balaban J connectivity index is 1.37. The number of fused-ring (bicyclic) bond motifs is 3. The quantitative estimate of drug-likeness (QED) is 0.250. The van der Waals surface area contributed by atoms with E-state index in [-0.39, 0.29) is 11.2 Å². The Morgan fingerprint density at radius 3 is 2.83 bits per heavy atom. The normalized spacial score (nSPS) is 15.2. The number of benzene rings is 1. The molecule has 0 unspecified atom stereocenters. The molecular formula is C28H34N8O5. The lowest BCUT2D eigenvalue weighted by Gasteiger charge is -2.26. The number of rotatable bonds is 10. The van der Waals surface area contributed by atoms with Crippen LogP contribution in [0.4, 0.5) is 16.4 Å². The number of nitrogens with one attached hydrogen (secondary N) is 3. The highest BCUT2D eigenvalue weighted by molar-refractivity contribution is 5.97. The summed E-state index contributed by atoms with van der Waals surface area (Å²) in [4.78, 5) is 40.5. The third-order valence-corrected chi connectivity index (χ3v) is 6.75. The summed E-state index contributed by atoms with van der Waals surface area (Å²) in [7, 11) is 1.58. The monoisotopic (exact) mass is 562 g/mol. The van der Waals surface area contributed by atoms with Crippen LogP contribution in [0, 0.1) is 0 Å². The first kappa shape index (κ1) is 28.1. The molecule has 4 heterocycles. The van der Waals surface area contributed by atoms with Crippen LogP contribution >= 0.6 is 0 Å². The number of morpholine rings is 1. The van der Waals surface area contributed by atoms with Gasteiger partial charge >= 0.3 is 6.03 Å². The predicted molar refractivity (Wildman–Crippen MR) is 153 cm³/mol. The summed E-state index contributed by atoms with van der Waals surface area (Å²) in [5.74, 6) is 1.67. The molecule has 0 spiro atoms. The molecule has 1 fully saturated rings. The summed E-state index contributed by atoms with van der Waals surface area (Å²) in [5, 5.41) is 9.40. The summed E-state index contributed by atoms with van der Waals surface area (Å²) in [6.07, 6.45) is 3.80. The molecule has 0 atom stereocenters. The highest BCUT2D eigenvalue weighted by atomic mass is 16.5. The van der Waals surface area contributed by atoms with E-state index in [1.807, 2.05) is 16.7 Å². The van der Waals surface area contributed by atoms with Crippen molar-refractivity contribution in [1.82, 2.24) is 24.8 Å². The standard InChI is InChI=1S/C28H34N8O5/c1-3-9-30-28(38)32-22-8-5-19(18-31-22)26(37)34-27-33-23-20(25-29-10-12-36(25)27)6-7-21(24(23)39-2)41-15-4-11-35-13-16-40-17-14-35/h3,5-8,18,29H,1,4,9-17H2,2H3,(H2,30,31,32,38). The molecule has 3 amide bonds. The molecule has 0 aliphatic carbocycles. The number of nitrogens with zero attached hydrogens (tertiary/aromatic N) is 5. The Hall–Kier alpha value is -4.49. The van der Waals surface area contributed by atoms with Crippen molar-refractivity contribution >= 4 is 34.5 Å². The van der Waals surface area contributed by atoms with E-state index in [1.54, 1.807) is 19.3 Å². The van der Waals surface area contributed by atoms with Gasteiger partial charge in [0.2, 0.25) is 5.62 Å². The van der Waals surface area contributed by atoms with Crippen molar-refractivity contribution in [2.75, 3.05) is 70.3 Å². The number of ether oxygens (including phenoxy) is 3. The van der Waals surface area contributed by atoms with Crippen molar-refractivity contribution in [3.05, 3.63) is 54.3 Å². The van der Waals surface area contributed by atoms with Crippen molar-refractivity contribution in [2.45, 2.75) is 13.0 Å². The molecule has 2 aliphatic heterocycles. The van der Waals surface area contributed by atoms with Crippen LogP contribution in [0.25, 0.3) is 10.9 Å². The number of amides is 3. The lowest BCUT2D eigenvalue weighted by Crippen LogP contribution is -2.37. The number of methoxy groups -OCH3 is 1. The van der Waals surface area contributed by atoms with Gasteiger partial charge in [-0.25, -0.2) is 14.8 Å². The highest BCUT2D eigenvalue weighted by Crippen LogP contribution is 2.37. The Labute approximate surface area is 237 Å². The molecule has 0 radical (unpaired) electrons. The zero-order valence-corrected chi connectivity index (χ0v) is 23.0. The maximum atomic E-state index is 13.1. The molecule has 2 aromatic heterocycles. The number of hydrogen-bond acceptors (Lipinski definition) is 9. The van der Waals surface area contributed by atoms with Gasteiger partial charge in [0.1, 0.15) is 17.2 Å². The van der Waals surface area contributed by atoms with Crippen LogP contribution in [-0.4, -0.2) is 91.0 Å². The van der Waals surface area contributed by atoms with Gasteiger partial charge in [0.05, 0.1) is 32.5 Å². The molecule has 5 rings (SSSR count). The minimum Gasteiger partial charge on any atom is -0.491 e. The van der Waals surface area contributed by atoms with Crippen molar-refractivity contribution in [1.29, 1.82) is 0 Å². The smallest absolute Gasteiger partial charge is 0.320 e. The van der Waals surface area contributed by atoms with Gasteiger partial charge in [-0.3, -0.25) is 19.6 Å². The van der Waals surface area contributed by atoms with Gasteiger partial charge in [-0.05, 0) is 30.7 Å². The van der Waals surface area contributed by atoms with Crippen molar-refractivity contribution in [3.8, 4) is 11.5 Å². The first-order valence-electron chi connectivity index (χ1n) is 13.6. The van der Waals surface area contributed by atoms with Gasteiger partial charge < -0.3 is 24.8 Å². The summed E-state index contributed by atoms with van der Waals surface area (Å²) in [6, 6.07) is 6.50.